The van der Waals surface area contributed by atoms with Crippen LogP contribution in [0.2, 0.25) is 18.1 Å². The summed E-state index contributed by atoms with van der Waals surface area (Å²) in [6.45, 7) is 25.8. The molecule has 0 saturated carbocycles. The second kappa shape index (κ2) is 26.1. The quantitative estimate of drug-likeness (QED) is 0.0254. The molecule has 0 aromatic heterocycles. The summed E-state index contributed by atoms with van der Waals surface area (Å²) in [5.74, 6) is -0.347. The van der Waals surface area contributed by atoms with E-state index in [1.54, 1.807) is 4.90 Å². The Morgan fingerprint density at radius 2 is 1.68 bits per heavy atom. The lowest BCUT2D eigenvalue weighted by Gasteiger charge is -2.41. The lowest BCUT2D eigenvalue weighted by atomic mass is 9.88. The number of hydrogen-bond acceptors (Lipinski definition) is 11. The number of nitrogens with one attached hydrogen (secondary N) is 1. The molecule has 14 heteroatoms. The van der Waals surface area contributed by atoms with E-state index >= 15 is 0 Å². The molecule has 4 rings (SSSR count). The van der Waals surface area contributed by atoms with Crippen molar-refractivity contribution in [3.8, 4) is 0 Å². The van der Waals surface area contributed by atoms with Gasteiger partial charge in [0.1, 0.15) is 17.8 Å². The van der Waals surface area contributed by atoms with Gasteiger partial charge in [-0.3, -0.25) is 10.1 Å². The predicted molar refractivity (Wildman–Crippen MR) is 259 cm³/mol. The van der Waals surface area contributed by atoms with Gasteiger partial charge in [-0.05, 0) is 108 Å². The Bertz CT molecular complexity index is 1710. The van der Waals surface area contributed by atoms with E-state index in [9.17, 15) is 14.4 Å². The van der Waals surface area contributed by atoms with Crippen molar-refractivity contribution < 1.29 is 47.2 Å². The van der Waals surface area contributed by atoms with Gasteiger partial charge in [-0.15, -0.1) is 0 Å². The number of carbonyl (C=O) groups is 3. The van der Waals surface area contributed by atoms with Crippen molar-refractivity contribution in [2.75, 3.05) is 45.2 Å². The number of carbonyl (C=O) groups excluding carboxylic acids is 3. The number of ether oxygens (including phenoxy) is 6. The molecule has 2 fully saturated rings. The first kappa shape index (κ1) is 54.1. The van der Waals surface area contributed by atoms with Crippen LogP contribution in [0.3, 0.4) is 0 Å². The fourth-order valence-electron chi connectivity index (χ4n) is 9.15. The molecule has 2 amide bonds. The van der Waals surface area contributed by atoms with E-state index < -0.39 is 44.6 Å². The number of amides is 2. The smallest absolute Gasteiger partial charge is 0.411 e. The second-order valence-corrected chi connectivity index (χ2v) is 23.5. The second-order valence-electron chi connectivity index (χ2n) is 18.8. The minimum atomic E-state index is -2.15. The molecule has 3 heterocycles. The van der Waals surface area contributed by atoms with Crippen molar-refractivity contribution in [3.05, 3.63) is 66.3 Å². The molecule has 3 aliphatic rings. The van der Waals surface area contributed by atoms with Crippen LogP contribution in [0.5, 0.6) is 0 Å². The summed E-state index contributed by atoms with van der Waals surface area (Å²) in [6, 6.07) is 12.1. The van der Waals surface area contributed by atoms with E-state index in [1.807, 2.05) is 96.2 Å². The van der Waals surface area contributed by atoms with E-state index in [1.165, 1.54) is 0 Å². The molecule has 1 N–H and O–H groups in total. The van der Waals surface area contributed by atoms with Crippen molar-refractivity contribution in [1.29, 1.82) is 0 Å². The zero-order valence-corrected chi connectivity index (χ0v) is 42.7. The Balaban J connectivity index is 1.54. The van der Waals surface area contributed by atoms with E-state index in [0.717, 1.165) is 43.2 Å². The molecule has 1 aromatic rings. The summed E-state index contributed by atoms with van der Waals surface area (Å²) in [4.78, 5) is 44.5. The van der Waals surface area contributed by atoms with Gasteiger partial charge in [-0.1, -0.05) is 91.0 Å². The number of esters is 1. The van der Waals surface area contributed by atoms with E-state index in [-0.39, 0.29) is 54.5 Å². The number of benzene rings is 1. The molecule has 3 aliphatic heterocycles. The summed E-state index contributed by atoms with van der Waals surface area (Å²) in [5, 5.41) is 2.81. The maximum absolute atomic E-state index is 14.0. The number of hydrogen-bond donors (Lipinski definition) is 1. The van der Waals surface area contributed by atoms with Crippen LogP contribution in [0, 0.1) is 17.8 Å². The summed E-state index contributed by atoms with van der Waals surface area (Å²) in [7, 11) is -0.0954. The molecule has 0 aliphatic carbocycles. The summed E-state index contributed by atoms with van der Waals surface area (Å²) in [5.41, 5.74) is 0.571. The Hall–Kier alpha value is -3.53. The largest absolute Gasteiger partial charge is 0.457 e. The van der Waals surface area contributed by atoms with Crippen molar-refractivity contribution in [1.82, 2.24) is 9.80 Å². The zero-order chi connectivity index (χ0) is 47.7. The molecular formula is C51H83N3O10Si. The number of rotatable bonds is 20. The zero-order valence-electron chi connectivity index (χ0n) is 41.7. The van der Waals surface area contributed by atoms with E-state index in [0.29, 0.717) is 44.6 Å². The van der Waals surface area contributed by atoms with Crippen LogP contribution in [0.1, 0.15) is 108 Å². The summed E-state index contributed by atoms with van der Waals surface area (Å²) >= 11 is 0. The van der Waals surface area contributed by atoms with Crippen molar-refractivity contribution >= 4 is 32.2 Å². The van der Waals surface area contributed by atoms with Crippen LogP contribution in [0.25, 0.3) is 0 Å². The first-order valence-corrected chi connectivity index (χ1v) is 27.0. The highest BCUT2D eigenvalue weighted by atomic mass is 28.4. The lowest BCUT2D eigenvalue weighted by Crippen LogP contribution is -2.52. The Morgan fingerprint density at radius 1 is 1.00 bits per heavy atom. The van der Waals surface area contributed by atoms with E-state index in [4.69, 9.17) is 32.8 Å². The summed E-state index contributed by atoms with van der Waals surface area (Å²) < 4.78 is 44.5. The normalized spacial score (nSPS) is 28.0. The molecule has 0 spiro atoms. The molecule has 0 bridgehead atoms. The van der Waals surface area contributed by atoms with Crippen LogP contribution in [-0.2, 0) is 37.6 Å². The lowest BCUT2D eigenvalue weighted by molar-refractivity contribution is -0.222. The third-order valence-corrected chi connectivity index (χ3v) is 18.4. The number of epoxide rings is 1. The summed E-state index contributed by atoms with van der Waals surface area (Å²) in [6.07, 6.45) is 9.30. The molecule has 65 heavy (non-hydrogen) atoms. The Labute approximate surface area is 392 Å². The molecule has 11 unspecified atom stereocenters. The number of cyclic esters (lactones) is 1. The molecule has 1 aromatic carbocycles. The van der Waals surface area contributed by atoms with Crippen LogP contribution < -0.4 is 5.32 Å². The highest BCUT2D eigenvalue weighted by Gasteiger charge is 2.47. The third-order valence-electron chi connectivity index (χ3n) is 13.7. The maximum atomic E-state index is 14.0. The third kappa shape index (κ3) is 16.6. The number of para-hydroxylation sites is 1. The maximum Gasteiger partial charge on any atom is 0.411 e. The van der Waals surface area contributed by atoms with Gasteiger partial charge >= 0.3 is 18.2 Å². The Morgan fingerprint density at radius 3 is 2.31 bits per heavy atom. The predicted octanol–water partition coefficient (Wildman–Crippen LogP) is 10.5. The average Bonchev–Trinajstić information content (AvgIpc) is 4.05. The minimum absolute atomic E-state index is 0.00720. The van der Waals surface area contributed by atoms with E-state index in [2.05, 4.69) is 58.0 Å². The monoisotopic (exact) mass is 926 g/mol. The van der Waals surface area contributed by atoms with Crippen LogP contribution >= 0.6 is 0 Å². The number of allylic oxidation sites excluding steroid dienone is 3. The molecule has 13 nitrogen and oxygen atoms in total. The first-order valence-electron chi connectivity index (χ1n) is 24.5. The number of anilines is 1. The van der Waals surface area contributed by atoms with Gasteiger partial charge in [0.15, 0.2) is 20.7 Å². The van der Waals surface area contributed by atoms with Gasteiger partial charge in [-0.2, -0.15) is 0 Å². The van der Waals surface area contributed by atoms with Crippen LogP contribution in [-0.4, -0.2) is 125 Å². The number of likely N-dealkylation sites (N-methyl/N-ethyl adjacent to an activating group) is 1. The van der Waals surface area contributed by atoms with Crippen LogP contribution in [0.15, 0.2) is 66.3 Å². The SMILES string of the molecule is CCOC(C)OC1(C)CCC(O[Si](CC)(CC)CC)CC(=O)OC(C(C)=CC=CC(C)CC2OC2C(C)C(CC)OC(=O)Nc2ccccc2)C(C)C=CC1OC(=O)N1CCN(C)CC1. The highest BCUT2D eigenvalue weighted by Crippen LogP contribution is 2.38. The first-order chi connectivity index (χ1) is 31.0. The van der Waals surface area contributed by atoms with Gasteiger partial charge in [-0.25, -0.2) is 9.59 Å². The van der Waals surface area contributed by atoms with Crippen molar-refractivity contribution in [2.24, 2.45) is 17.8 Å². The van der Waals surface area contributed by atoms with Crippen molar-refractivity contribution in [2.45, 2.75) is 175 Å². The molecular weight excluding hydrogens is 843 g/mol. The number of nitrogens with zero attached hydrogens (tertiary/aromatic N) is 2. The fraction of sp³-hybridized carbons (Fsp3) is 0.706. The van der Waals surface area contributed by atoms with Gasteiger partial charge in [0.05, 0.1) is 24.7 Å². The van der Waals surface area contributed by atoms with Gasteiger partial charge in [0.25, 0.3) is 0 Å². The average molecular weight is 926 g/mol. The van der Waals surface area contributed by atoms with Gasteiger partial charge in [0, 0.05) is 50.3 Å². The molecule has 2 saturated heterocycles. The fourth-order valence-corrected chi connectivity index (χ4v) is 12.1. The minimum Gasteiger partial charge on any atom is -0.457 e. The topological polar surface area (TPSA) is 138 Å². The standard InChI is InChI=1S/C51H83N3O10Si/c1-13-43(60-49(56)52-41-24-19-18-20-25-41)39(9)48-44(59-48)34-36(6)22-21-23-37(7)47-38(8)26-27-45(61-50(57)54-32-30-53(12)31-33-54)51(11,63-40(10)58-14-2)29-28-42(35-46(55)62-47)64-65(15-3,16-4)17-5/h18-27,36,38-40,42-45,47-48H,13-17,28-35H2,1-12H3,(H,52,56). The molecule has 366 valence electrons. The molecule has 11 atom stereocenters. The van der Waals surface area contributed by atoms with Gasteiger partial charge < -0.3 is 42.6 Å². The number of piperazine rings is 1. The van der Waals surface area contributed by atoms with Crippen LogP contribution in [0.4, 0.5) is 15.3 Å². The molecule has 0 radical (unpaired) electrons. The van der Waals surface area contributed by atoms with Crippen molar-refractivity contribution in [3.63, 3.8) is 0 Å². The van der Waals surface area contributed by atoms with Gasteiger partial charge in [0.2, 0.25) is 0 Å². The Kier molecular flexibility index (Phi) is 21.7. The highest BCUT2D eigenvalue weighted by molar-refractivity contribution is 6.73.